The molecule has 5 heteroatoms. The molecule has 4 rings (SSSR count). The number of benzene rings is 1. The van der Waals surface area contributed by atoms with Gasteiger partial charge in [0, 0.05) is 29.7 Å². The van der Waals surface area contributed by atoms with Gasteiger partial charge in [0.1, 0.15) is 0 Å². The van der Waals surface area contributed by atoms with E-state index in [1.807, 2.05) is 19.2 Å². The number of carboxylic acids is 1. The van der Waals surface area contributed by atoms with E-state index in [9.17, 15) is 9.90 Å². The minimum atomic E-state index is -0.741. The lowest BCUT2D eigenvalue weighted by molar-refractivity contribution is -0.140. The summed E-state index contributed by atoms with van der Waals surface area (Å²) >= 11 is 0. The molecule has 0 fully saturated rings. The van der Waals surface area contributed by atoms with Crippen LogP contribution >= 0.6 is 0 Å². The predicted molar refractivity (Wildman–Crippen MR) is 103 cm³/mol. The number of rotatable bonds is 2. The van der Waals surface area contributed by atoms with Gasteiger partial charge in [-0.25, -0.2) is 0 Å². The number of carboxylic acid groups (broad SMARTS) is 1. The summed E-state index contributed by atoms with van der Waals surface area (Å²) in [6, 6.07) is 6.51. The molecule has 1 aliphatic carbocycles. The van der Waals surface area contributed by atoms with Crippen molar-refractivity contribution >= 4 is 22.4 Å². The first-order valence-electron chi connectivity index (χ1n) is 8.80. The van der Waals surface area contributed by atoms with Gasteiger partial charge in [-0.05, 0) is 36.2 Å². The zero-order valence-electron chi connectivity index (χ0n) is 15.4. The summed E-state index contributed by atoms with van der Waals surface area (Å²) in [7, 11) is 2.02. The SMILES string of the molecule is CCCC.CN1C[C@H](C(=O)O)C=C2c3cccc4[nH]cc(c34)C[C@H]21.N. The summed E-state index contributed by atoms with van der Waals surface area (Å²) < 4.78 is 0. The maximum atomic E-state index is 11.3. The van der Waals surface area contributed by atoms with Crippen molar-refractivity contribution in [3.63, 3.8) is 0 Å². The quantitative estimate of drug-likeness (QED) is 0.766. The molecule has 0 radical (unpaired) electrons. The van der Waals surface area contributed by atoms with Crippen molar-refractivity contribution in [1.29, 1.82) is 0 Å². The Labute approximate surface area is 149 Å². The number of fused-ring (bicyclic) bond motifs is 2. The summed E-state index contributed by atoms with van der Waals surface area (Å²) in [4.78, 5) is 16.8. The van der Waals surface area contributed by atoms with Crippen molar-refractivity contribution in [2.75, 3.05) is 13.6 Å². The van der Waals surface area contributed by atoms with E-state index in [-0.39, 0.29) is 6.15 Å². The number of hydrogen-bond donors (Lipinski definition) is 3. The highest BCUT2D eigenvalue weighted by Gasteiger charge is 2.35. The first kappa shape index (κ1) is 19.2. The standard InChI is InChI=1S/C16H16N2O2.C4H10.H3N/c1-18-8-10(16(19)20)5-12-11-3-2-4-13-15(11)9(7-17-13)6-14(12)18;1-3-4-2;/h2-5,7,10,14,17H,6,8H2,1H3,(H,19,20);3-4H2,1-2H3;1H3/t10-,14-;;/m1../s1. The van der Waals surface area contributed by atoms with Gasteiger partial charge in [-0.3, -0.25) is 9.69 Å². The second kappa shape index (κ2) is 7.85. The van der Waals surface area contributed by atoms with E-state index in [1.54, 1.807) is 0 Å². The van der Waals surface area contributed by atoms with E-state index in [0.717, 1.165) is 11.9 Å². The molecule has 1 aromatic carbocycles. The molecule has 5 N–H and O–H groups in total. The maximum Gasteiger partial charge on any atom is 0.311 e. The molecule has 0 saturated carbocycles. The van der Waals surface area contributed by atoms with E-state index in [4.69, 9.17) is 0 Å². The van der Waals surface area contributed by atoms with Crippen molar-refractivity contribution in [2.45, 2.75) is 39.2 Å². The van der Waals surface area contributed by atoms with Crippen molar-refractivity contribution in [1.82, 2.24) is 16.0 Å². The molecule has 5 nitrogen and oxygen atoms in total. The minimum Gasteiger partial charge on any atom is -0.481 e. The molecule has 0 saturated heterocycles. The summed E-state index contributed by atoms with van der Waals surface area (Å²) in [6.07, 6.45) is 7.63. The fourth-order valence-electron chi connectivity index (χ4n) is 3.61. The molecule has 136 valence electrons. The number of nitrogens with one attached hydrogen (secondary N) is 1. The Balaban J connectivity index is 0.000000411. The first-order valence-corrected chi connectivity index (χ1v) is 8.80. The molecular weight excluding hydrogens is 314 g/mol. The smallest absolute Gasteiger partial charge is 0.311 e. The van der Waals surface area contributed by atoms with Crippen LogP contribution in [0.3, 0.4) is 0 Å². The number of aromatic nitrogens is 1. The van der Waals surface area contributed by atoms with E-state index < -0.39 is 11.9 Å². The van der Waals surface area contributed by atoms with Crippen LogP contribution in [-0.4, -0.2) is 40.6 Å². The maximum absolute atomic E-state index is 11.3. The van der Waals surface area contributed by atoms with E-state index in [1.165, 1.54) is 34.9 Å². The molecule has 0 spiro atoms. The van der Waals surface area contributed by atoms with Gasteiger partial charge in [-0.1, -0.05) is 44.9 Å². The molecule has 2 heterocycles. The fraction of sp³-hybridized carbons (Fsp3) is 0.450. The van der Waals surface area contributed by atoms with E-state index in [2.05, 4.69) is 42.1 Å². The van der Waals surface area contributed by atoms with Gasteiger partial charge in [-0.2, -0.15) is 0 Å². The zero-order chi connectivity index (χ0) is 17.3. The van der Waals surface area contributed by atoms with E-state index in [0.29, 0.717) is 12.6 Å². The molecule has 2 aliphatic rings. The van der Waals surface area contributed by atoms with Crippen LogP contribution < -0.4 is 6.15 Å². The molecule has 0 amide bonds. The molecule has 1 aliphatic heterocycles. The minimum absolute atomic E-state index is 0. The van der Waals surface area contributed by atoms with Crippen molar-refractivity contribution < 1.29 is 9.90 Å². The summed E-state index contributed by atoms with van der Waals surface area (Å²) in [5.74, 6) is -1.16. The number of unbranched alkanes of at least 4 members (excludes halogenated alkanes) is 1. The summed E-state index contributed by atoms with van der Waals surface area (Å²) in [6.45, 7) is 4.94. The first-order chi connectivity index (χ1) is 11.6. The van der Waals surface area contributed by atoms with Crippen LogP contribution in [0, 0.1) is 5.92 Å². The van der Waals surface area contributed by atoms with Crippen LogP contribution in [0.2, 0.25) is 0 Å². The van der Waals surface area contributed by atoms with Crippen molar-refractivity contribution in [3.8, 4) is 0 Å². The highest BCUT2D eigenvalue weighted by atomic mass is 16.4. The van der Waals surface area contributed by atoms with Gasteiger partial charge in [0.2, 0.25) is 0 Å². The van der Waals surface area contributed by atoms with Gasteiger partial charge in [0.15, 0.2) is 0 Å². The summed E-state index contributed by atoms with van der Waals surface area (Å²) in [5, 5.41) is 10.6. The highest BCUT2D eigenvalue weighted by molar-refractivity contribution is 5.99. The Morgan fingerprint density at radius 2 is 2.04 bits per heavy atom. The van der Waals surface area contributed by atoms with Crippen LogP contribution in [0.15, 0.2) is 30.5 Å². The van der Waals surface area contributed by atoms with Gasteiger partial charge in [0.05, 0.1) is 5.92 Å². The Hall–Kier alpha value is -2.11. The van der Waals surface area contributed by atoms with Gasteiger partial charge >= 0.3 is 5.97 Å². The third-order valence-corrected chi connectivity index (χ3v) is 5.09. The van der Waals surface area contributed by atoms with Crippen LogP contribution in [0.5, 0.6) is 0 Å². The Kier molecular flexibility index (Phi) is 6.03. The third-order valence-electron chi connectivity index (χ3n) is 5.09. The fourth-order valence-corrected chi connectivity index (χ4v) is 3.61. The normalized spacial score (nSPS) is 21.5. The average Bonchev–Trinajstić information content (AvgIpc) is 3.00. The summed E-state index contributed by atoms with van der Waals surface area (Å²) in [5.41, 5.74) is 4.83. The van der Waals surface area contributed by atoms with Crippen molar-refractivity contribution in [2.24, 2.45) is 5.92 Å². The number of nitrogens with zero attached hydrogens (tertiary/aromatic N) is 1. The number of hydrogen-bond acceptors (Lipinski definition) is 3. The second-order valence-corrected chi connectivity index (χ2v) is 6.77. The molecule has 0 unspecified atom stereocenters. The van der Waals surface area contributed by atoms with Gasteiger partial charge in [-0.15, -0.1) is 0 Å². The Bertz CT molecular complexity index is 776. The third kappa shape index (κ3) is 3.48. The number of H-pyrrole nitrogens is 1. The Morgan fingerprint density at radius 1 is 1.32 bits per heavy atom. The largest absolute Gasteiger partial charge is 0.481 e. The molecular formula is C20H29N3O2. The predicted octanol–water partition coefficient (Wildman–Crippen LogP) is 4.09. The topological polar surface area (TPSA) is 91.3 Å². The Morgan fingerprint density at radius 3 is 2.68 bits per heavy atom. The molecule has 1 aromatic heterocycles. The van der Waals surface area contributed by atoms with Crippen LogP contribution in [0.25, 0.3) is 16.5 Å². The number of likely N-dealkylation sites (N-methyl/N-ethyl adjacent to an activating group) is 1. The number of aliphatic carboxylic acids is 1. The molecule has 0 bridgehead atoms. The second-order valence-electron chi connectivity index (χ2n) is 6.77. The van der Waals surface area contributed by atoms with Crippen LogP contribution in [-0.2, 0) is 11.2 Å². The monoisotopic (exact) mass is 343 g/mol. The average molecular weight is 343 g/mol. The highest BCUT2D eigenvalue weighted by Crippen LogP contribution is 2.40. The lowest BCUT2D eigenvalue weighted by Gasteiger charge is -2.38. The molecule has 25 heavy (non-hydrogen) atoms. The lowest BCUT2D eigenvalue weighted by atomic mass is 9.80. The number of carbonyl (C=O) groups is 1. The number of aromatic amines is 1. The van der Waals surface area contributed by atoms with E-state index >= 15 is 0 Å². The van der Waals surface area contributed by atoms with Crippen LogP contribution in [0.4, 0.5) is 0 Å². The zero-order valence-corrected chi connectivity index (χ0v) is 15.4. The van der Waals surface area contributed by atoms with Gasteiger partial charge in [0.25, 0.3) is 0 Å². The lowest BCUT2D eigenvalue weighted by Crippen LogP contribution is -2.44. The molecule has 2 atom stereocenters. The molecule has 2 aromatic rings. The van der Waals surface area contributed by atoms with Crippen LogP contribution in [0.1, 0.15) is 37.8 Å². The van der Waals surface area contributed by atoms with Crippen molar-refractivity contribution in [3.05, 3.63) is 41.6 Å². The van der Waals surface area contributed by atoms with Gasteiger partial charge < -0.3 is 16.2 Å².